The van der Waals surface area contributed by atoms with Crippen molar-refractivity contribution in [3.8, 4) is 11.4 Å². The molecule has 8 heteroatoms. The molecule has 24 heavy (non-hydrogen) atoms. The molecule has 4 aromatic rings. The Morgan fingerprint density at radius 2 is 1.62 bits per heavy atom. The average Bonchev–Trinajstić information content (AvgIpc) is 2.55. The van der Waals surface area contributed by atoms with E-state index in [4.69, 9.17) is 22.9 Å². The van der Waals surface area contributed by atoms with Crippen LogP contribution < -0.4 is 22.9 Å². The highest BCUT2D eigenvalue weighted by Crippen LogP contribution is 2.32. The zero-order valence-corrected chi connectivity index (χ0v) is 12.5. The van der Waals surface area contributed by atoms with E-state index in [-0.39, 0.29) is 0 Å². The summed E-state index contributed by atoms with van der Waals surface area (Å²) in [6, 6.07) is 9.69. The van der Waals surface area contributed by atoms with Gasteiger partial charge in [-0.3, -0.25) is 0 Å². The van der Waals surface area contributed by atoms with E-state index in [0.717, 1.165) is 0 Å². The zero-order chi connectivity index (χ0) is 16.8. The number of rotatable bonds is 1. The average molecular weight is 317 g/mol. The molecule has 0 aliphatic carbocycles. The number of fused-ring (bicyclic) bond motifs is 2. The first kappa shape index (κ1) is 13.9. The van der Waals surface area contributed by atoms with Crippen molar-refractivity contribution >= 4 is 44.8 Å². The van der Waals surface area contributed by atoms with Crippen molar-refractivity contribution in [2.45, 2.75) is 0 Å². The maximum absolute atomic E-state index is 6.14. The number of nitrogen functional groups attached to an aromatic ring is 4. The molecule has 2 aromatic carbocycles. The van der Waals surface area contributed by atoms with Crippen LogP contribution in [-0.2, 0) is 0 Å². The van der Waals surface area contributed by atoms with Crippen molar-refractivity contribution in [1.82, 2.24) is 19.9 Å². The Balaban J connectivity index is 2.04. The van der Waals surface area contributed by atoms with Crippen LogP contribution in [0.1, 0.15) is 0 Å². The molecule has 1 radical (unpaired) electrons. The minimum Gasteiger partial charge on any atom is -0.398 e. The minimum atomic E-state index is 0.301. The van der Waals surface area contributed by atoms with Crippen LogP contribution in [0.5, 0.6) is 0 Å². The van der Waals surface area contributed by atoms with E-state index >= 15 is 0 Å². The Morgan fingerprint density at radius 3 is 2.46 bits per heavy atom. The third-order valence-electron chi connectivity index (χ3n) is 3.79. The molecule has 117 valence electrons. The van der Waals surface area contributed by atoms with Crippen molar-refractivity contribution < 1.29 is 0 Å². The smallest absolute Gasteiger partial charge is 0.164 e. The predicted octanol–water partition coefficient (Wildman–Crippen LogP) is 1.37. The van der Waals surface area contributed by atoms with E-state index in [1.807, 2.05) is 0 Å². The fourth-order valence-electron chi connectivity index (χ4n) is 2.59. The van der Waals surface area contributed by atoms with Gasteiger partial charge in [0.15, 0.2) is 5.82 Å². The summed E-state index contributed by atoms with van der Waals surface area (Å²) in [6.07, 6.45) is 1.39. The number of anilines is 4. The van der Waals surface area contributed by atoms with Gasteiger partial charge < -0.3 is 22.9 Å². The Bertz CT molecular complexity index is 1110. The topological polar surface area (TPSA) is 156 Å². The SMILES string of the molecule is Nc1cc2ncnc(N)c2cc1-c1nc(N)c2c[c]cc(N)c2n1. The van der Waals surface area contributed by atoms with Crippen molar-refractivity contribution in [2.75, 3.05) is 22.9 Å². The Morgan fingerprint density at radius 1 is 0.792 bits per heavy atom. The van der Waals surface area contributed by atoms with Gasteiger partial charge in [0, 0.05) is 22.0 Å². The van der Waals surface area contributed by atoms with Crippen LogP contribution in [0.15, 0.2) is 30.6 Å². The van der Waals surface area contributed by atoms with Gasteiger partial charge in [0.1, 0.15) is 18.0 Å². The Hall–Kier alpha value is -3.68. The van der Waals surface area contributed by atoms with Gasteiger partial charge in [-0.05, 0) is 30.3 Å². The highest BCUT2D eigenvalue weighted by molar-refractivity contribution is 5.99. The van der Waals surface area contributed by atoms with Crippen molar-refractivity contribution in [3.63, 3.8) is 0 Å². The minimum absolute atomic E-state index is 0.301. The van der Waals surface area contributed by atoms with E-state index in [1.165, 1.54) is 6.33 Å². The van der Waals surface area contributed by atoms with E-state index < -0.39 is 0 Å². The summed E-state index contributed by atoms with van der Waals surface area (Å²) >= 11 is 0. The molecular weight excluding hydrogens is 304 g/mol. The molecule has 0 spiro atoms. The van der Waals surface area contributed by atoms with E-state index in [9.17, 15) is 0 Å². The van der Waals surface area contributed by atoms with Crippen LogP contribution in [0, 0.1) is 6.07 Å². The number of benzene rings is 2. The fourth-order valence-corrected chi connectivity index (χ4v) is 2.59. The summed E-state index contributed by atoms with van der Waals surface area (Å²) in [7, 11) is 0. The molecule has 0 atom stereocenters. The Labute approximate surface area is 136 Å². The van der Waals surface area contributed by atoms with Crippen LogP contribution in [0.2, 0.25) is 0 Å². The molecule has 0 unspecified atom stereocenters. The van der Waals surface area contributed by atoms with Crippen LogP contribution >= 0.6 is 0 Å². The van der Waals surface area contributed by atoms with Crippen molar-refractivity contribution in [2.24, 2.45) is 0 Å². The van der Waals surface area contributed by atoms with Gasteiger partial charge in [-0.2, -0.15) is 0 Å². The van der Waals surface area contributed by atoms with Gasteiger partial charge in [-0.1, -0.05) is 0 Å². The van der Waals surface area contributed by atoms with Crippen LogP contribution in [0.4, 0.5) is 23.0 Å². The number of nitrogens with two attached hydrogens (primary N) is 4. The first-order valence-corrected chi connectivity index (χ1v) is 7.07. The first-order chi connectivity index (χ1) is 11.5. The van der Waals surface area contributed by atoms with E-state index in [2.05, 4.69) is 26.0 Å². The summed E-state index contributed by atoms with van der Waals surface area (Å²) in [5.74, 6) is 1.01. The summed E-state index contributed by atoms with van der Waals surface area (Å²) in [5, 5.41) is 1.30. The van der Waals surface area contributed by atoms with Crippen molar-refractivity contribution in [1.29, 1.82) is 0 Å². The second kappa shape index (κ2) is 4.92. The Kier molecular flexibility index (Phi) is 2.86. The maximum Gasteiger partial charge on any atom is 0.164 e. The van der Waals surface area contributed by atoms with Gasteiger partial charge in [-0.25, -0.2) is 19.9 Å². The normalized spacial score (nSPS) is 11.2. The molecule has 0 bridgehead atoms. The van der Waals surface area contributed by atoms with Gasteiger partial charge >= 0.3 is 0 Å². The number of hydrogen-bond donors (Lipinski definition) is 4. The lowest BCUT2D eigenvalue weighted by molar-refractivity contribution is 1.22. The molecular formula is C16H13N8. The predicted molar refractivity (Wildman–Crippen MR) is 94.6 cm³/mol. The fraction of sp³-hybridized carbons (Fsp3) is 0. The van der Waals surface area contributed by atoms with Gasteiger partial charge in [0.25, 0.3) is 0 Å². The van der Waals surface area contributed by atoms with Crippen LogP contribution in [-0.4, -0.2) is 19.9 Å². The summed E-state index contributed by atoms with van der Waals surface area (Å²) in [5.41, 5.74) is 26.8. The third-order valence-corrected chi connectivity index (χ3v) is 3.79. The maximum atomic E-state index is 6.14. The molecule has 4 rings (SSSR count). The molecule has 0 fully saturated rings. The van der Waals surface area contributed by atoms with Crippen LogP contribution in [0.3, 0.4) is 0 Å². The summed E-state index contributed by atoms with van der Waals surface area (Å²) in [4.78, 5) is 17.0. The molecule has 0 saturated heterocycles. The highest BCUT2D eigenvalue weighted by Gasteiger charge is 2.14. The number of aromatic nitrogens is 4. The molecule has 8 nitrogen and oxygen atoms in total. The molecule has 0 saturated carbocycles. The quantitative estimate of drug-likeness (QED) is 0.383. The van der Waals surface area contributed by atoms with E-state index in [1.54, 1.807) is 24.3 Å². The lowest BCUT2D eigenvalue weighted by Gasteiger charge is -2.10. The molecule has 2 aromatic heterocycles. The lowest BCUT2D eigenvalue weighted by Crippen LogP contribution is -2.02. The number of nitrogens with zero attached hydrogens (tertiary/aromatic N) is 4. The lowest BCUT2D eigenvalue weighted by atomic mass is 10.1. The van der Waals surface area contributed by atoms with Gasteiger partial charge in [0.05, 0.1) is 16.7 Å². The standard InChI is InChI=1S/C16H13N8/c17-10-3-1-2-7-13(10)23-16(24-15(7)20)8-4-9-12(5-11(8)18)21-6-22-14(9)19/h2-6H,17-18H2,(H2,19,21,22)(H2,20,23,24). The zero-order valence-electron chi connectivity index (χ0n) is 12.5. The molecule has 2 heterocycles. The first-order valence-electron chi connectivity index (χ1n) is 7.07. The second-order valence-corrected chi connectivity index (χ2v) is 5.32. The second-order valence-electron chi connectivity index (χ2n) is 5.32. The molecule has 0 aliphatic heterocycles. The van der Waals surface area contributed by atoms with Crippen LogP contribution in [0.25, 0.3) is 33.2 Å². The van der Waals surface area contributed by atoms with E-state index in [0.29, 0.717) is 56.2 Å². The molecule has 8 N–H and O–H groups in total. The number of hydrogen-bond acceptors (Lipinski definition) is 8. The van der Waals surface area contributed by atoms with Gasteiger partial charge in [-0.15, -0.1) is 0 Å². The summed E-state index contributed by atoms with van der Waals surface area (Å²) in [6.45, 7) is 0. The molecule has 0 amide bonds. The molecule has 0 aliphatic rings. The van der Waals surface area contributed by atoms with Gasteiger partial charge in [0.2, 0.25) is 0 Å². The highest BCUT2D eigenvalue weighted by atomic mass is 15.0. The third kappa shape index (κ3) is 2.01. The summed E-state index contributed by atoms with van der Waals surface area (Å²) < 4.78 is 0. The monoisotopic (exact) mass is 317 g/mol. The largest absolute Gasteiger partial charge is 0.398 e. The van der Waals surface area contributed by atoms with Crippen molar-refractivity contribution in [3.05, 3.63) is 36.7 Å².